The molecule has 130 valence electrons. The van der Waals surface area contributed by atoms with Gasteiger partial charge in [-0.05, 0) is 25.7 Å². The monoisotopic (exact) mass is 324 g/mol. The van der Waals surface area contributed by atoms with Gasteiger partial charge in [-0.15, -0.1) is 0 Å². The van der Waals surface area contributed by atoms with E-state index in [0.29, 0.717) is 26.2 Å². The van der Waals surface area contributed by atoms with Gasteiger partial charge in [-0.25, -0.2) is 4.79 Å². The Labute approximate surface area is 137 Å². The van der Waals surface area contributed by atoms with Crippen molar-refractivity contribution < 1.29 is 14.7 Å². The molecule has 23 heavy (non-hydrogen) atoms. The first-order valence-electron chi connectivity index (χ1n) is 8.85. The minimum atomic E-state index is -0.366. The number of carbonyl (C=O) groups is 2. The third kappa shape index (κ3) is 3.95. The van der Waals surface area contributed by atoms with E-state index in [4.69, 9.17) is 0 Å². The van der Waals surface area contributed by atoms with Gasteiger partial charge >= 0.3 is 6.03 Å². The highest BCUT2D eigenvalue weighted by Crippen LogP contribution is 2.20. The molecule has 3 rings (SSSR count). The lowest BCUT2D eigenvalue weighted by atomic mass is 9.95. The number of aliphatic hydroxyl groups excluding tert-OH is 1. The molecule has 0 saturated carbocycles. The van der Waals surface area contributed by atoms with Crippen LogP contribution in [0.5, 0.6) is 0 Å². The van der Waals surface area contributed by atoms with E-state index in [0.717, 1.165) is 45.3 Å². The summed E-state index contributed by atoms with van der Waals surface area (Å²) in [5.41, 5.74) is 0. The van der Waals surface area contributed by atoms with E-state index in [1.807, 2.05) is 9.80 Å². The number of rotatable bonds is 3. The van der Waals surface area contributed by atoms with Gasteiger partial charge in [-0.3, -0.25) is 4.79 Å². The molecule has 7 heteroatoms. The van der Waals surface area contributed by atoms with E-state index in [2.05, 4.69) is 10.6 Å². The van der Waals surface area contributed by atoms with Crippen molar-refractivity contribution >= 4 is 11.9 Å². The van der Waals surface area contributed by atoms with Crippen LogP contribution in [0.15, 0.2) is 0 Å². The lowest BCUT2D eigenvalue weighted by Crippen LogP contribution is -2.48. The van der Waals surface area contributed by atoms with Gasteiger partial charge in [0.25, 0.3) is 0 Å². The molecule has 2 unspecified atom stereocenters. The zero-order valence-electron chi connectivity index (χ0n) is 13.7. The Bertz CT molecular complexity index is 431. The number of hydrogen-bond donors (Lipinski definition) is 3. The molecule has 0 radical (unpaired) electrons. The molecule has 7 nitrogen and oxygen atoms in total. The predicted molar refractivity (Wildman–Crippen MR) is 85.9 cm³/mol. The van der Waals surface area contributed by atoms with Gasteiger partial charge in [0.05, 0.1) is 6.10 Å². The maximum absolute atomic E-state index is 12.3. The maximum atomic E-state index is 12.3. The van der Waals surface area contributed by atoms with Gasteiger partial charge in [-0.2, -0.15) is 0 Å². The number of nitrogens with zero attached hydrogens (tertiary/aromatic N) is 2. The van der Waals surface area contributed by atoms with E-state index in [9.17, 15) is 14.7 Å². The van der Waals surface area contributed by atoms with Crippen LogP contribution in [0, 0.1) is 11.8 Å². The molecule has 3 N–H and O–H groups in total. The van der Waals surface area contributed by atoms with Gasteiger partial charge < -0.3 is 25.5 Å². The van der Waals surface area contributed by atoms with Crippen LogP contribution in [-0.4, -0.2) is 78.8 Å². The fourth-order valence-corrected chi connectivity index (χ4v) is 3.74. The number of amides is 3. The summed E-state index contributed by atoms with van der Waals surface area (Å²) >= 11 is 0. The summed E-state index contributed by atoms with van der Waals surface area (Å²) in [5.74, 6) is 0.164. The second-order valence-corrected chi connectivity index (χ2v) is 6.97. The Morgan fingerprint density at radius 1 is 1.04 bits per heavy atom. The van der Waals surface area contributed by atoms with Gasteiger partial charge in [0.1, 0.15) is 0 Å². The fraction of sp³-hybridized carbons (Fsp3) is 0.875. The van der Waals surface area contributed by atoms with Gasteiger partial charge in [0.2, 0.25) is 5.91 Å². The molecular weight excluding hydrogens is 296 g/mol. The molecule has 2 atom stereocenters. The first-order valence-corrected chi connectivity index (χ1v) is 8.85. The molecule has 3 amide bonds. The molecule has 3 aliphatic rings. The van der Waals surface area contributed by atoms with E-state index < -0.39 is 0 Å². The molecule has 3 fully saturated rings. The summed E-state index contributed by atoms with van der Waals surface area (Å²) in [4.78, 5) is 28.4. The van der Waals surface area contributed by atoms with Gasteiger partial charge in [0.15, 0.2) is 0 Å². The predicted octanol–water partition coefficient (Wildman–Crippen LogP) is -0.389. The van der Waals surface area contributed by atoms with Crippen molar-refractivity contribution in [3.8, 4) is 0 Å². The molecule has 0 bridgehead atoms. The normalized spacial score (nSPS) is 29.1. The molecule has 0 aliphatic carbocycles. The highest BCUT2D eigenvalue weighted by Gasteiger charge is 2.31. The van der Waals surface area contributed by atoms with E-state index in [1.54, 1.807) is 0 Å². The zero-order chi connectivity index (χ0) is 16.2. The van der Waals surface area contributed by atoms with Crippen molar-refractivity contribution in [2.75, 3.05) is 45.8 Å². The van der Waals surface area contributed by atoms with Crippen LogP contribution in [0.3, 0.4) is 0 Å². The third-order valence-corrected chi connectivity index (χ3v) is 5.36. The Morgan fingerprint density at radius 3 is 2.30 bits per heavy atom. The summed E-state index contributed by atoms with van der Waals surface area (Å²) in [6.07, 6.45) is 3.31. The summed E-state index contributed by atoms with van der Waals surface area (Å²) < 4.78 is 0. The van der Waals surface area contributed by atoms with Crippen LogP contribution in [-0.2, 0) is 4.79 Å². The molecule has 3 aliphatic heterocycles. The maximum Gasteiger partial charge on any atom is 0.319 e. The first kappa shape index (κ1) is 16.5. The number of carbonyl (C=O) groups excluding carboxylic acids is 2. The molecule has 0 aromatic carbocycles. The number of β-amino-alcohol motifs (C(OH)–C–C–N with tert-alkyl or cyclic N) is 1. The van der Waals surface area contributed by atoms with Crippen molar-refractivity contribution in [2.45, 2.75) is 31.8 Å². The largest absolute Gasteiger partial charge is 0.391 e. The average molecular weight is 324 g/mol. The zero-order valence-corrected chi connectivity index (χ0v) is 13.7. The van der Waals surface area contributed by atoms with Crippen molar-refractivity contribution in [3.05, 3.63) is 0 Å². The minimum absolute atomic E-state index is 0.0101. The number of piperidine rings is 1. The second-order valence-electron chi connectivity index (χ2n) is 6.97. The smallest absolute Gasteiger partial charge is 0.319 e. The number of hydrogen-bond acceptors (Lipinski definition) is 4. The van der Waals surface area contributed by atoms with Crippen LogP contribution in [0.25, 0.3) is 0 Å². The average Bonchev–Trinajstić information content (AvgIpc) is 3.24. The Morgan fingerprint density at radius 2 is 1.70 bits per heavy atom. The van der Waals surface area contributed by atoms with Gasteiger partial charge in [-0.1, -0.05) is 0 Å². The SMILES string of the molecule is O=C(NCC1CNCC1O)C1CCN(C(=O)N2CCCC2)CC1. The standard InChI is InChI=1S/C16H28N4O3/c21-14-11-17-9-13(14)10-18-15(22)12-3-7-20(8-4-12)16(23)19-5-1-2-6-19/h12-14,17,21H,1-11H2,(H,18,22). The van der Waals surface area contributed by atoms with Crippen molar-refractivity contribution in [3.63, 3.8) is 0 Å². The first-order chi connectivity index (χ1) is 11.1. The molecule has 3 saturated heterocycles. The van der Waals surface area contributed by atoms with Crippen LogP contribution >= 0.6 is 0 Å². The van der Waals surface area contributed by atoms with Crippen molar-refractivity contribution in [1.82, 2.24) is 20.4 Å². The quantitative estimate of drug-likeness (QED) is 0.660. The topological polar surface area (TPSA) is 84.9 Å². The summed E-state index contributed by atoms with van der Waals surface area (Å²) in [5, 5.41) is 15.8. The van der Waals surface area contributed by atoms with E-state index in [-0.39, 0.29) is 29.9 Å². The summed E-state index contributed by atoms with van der Waals surface area (Å²) in [7, 11) is 0. The van der Waals surface area contributed by atoms with Crippen molar-refractivity contribution in [1.29, 1.82) is 0 Å². The van der Waals surface area contributed by atoms with Crippen LogP contribution in [0.1, 0.15) is 25.7 Å². The Kier molecular flexibility index (Phi) is 5.38. The van der Waals surface area contributed by atoms with E-state index >= 15 is 0 Å². The number of urea groups is 1. The third-order valence-electron chi connectivity index (χ3n) is 5.36. The molecule has 0 aromatic rings. The van der Waals surface area contributed by atoms with Crippen LogP contribution in [0.2, 0.25) is 0 Å². The molecule has 3 heterocycles. The van der Waals surface area contributed by atoms with Crippen LogP contribution in [0.4, 0.5) is 4.79 Å². The second kappa shape index (κ2) is 7.49. The van der Waals surface area contributed by atoms with Gasteiger partial charge in [0, 0.05) is 57.6 Å². The lowest BCUT2D eigenvalue weighted by molar-refractivity contribution is -0.126. The molecular formula is C16H28N4O3. The fourth-order valence-electron chi connectivity index (χ4n) is 3.74. The molecule has 0 spiro atoms. The highest BCUT2D eigenvalue weighted by molar-refractivity contribution is 5.79. The molecule has 0 aromatic heterocycles. The lowest BCUT2D eigenvalue weighted by Gasteiger charge is -2.34. The number of nitrogens with one attached hydrogen (secondary N) is 2. The van der Waals surface area contributed by atoms with Crippen molar-refractivity contribution in [2.24, 2.45) is 11.8 Å². The minimum Gasteiger partial charge on any atom is -0.391 e. The van der Waals surface area contributed by atoms with Crippen LogP contribution < -0.4 is 10.6 Å². The highest BCUT2D eigenvalue weighted by atomic mass is 16.3. The van der Waals surface area contributed by atoms with E-state index in [1.165, 1.54) is 0 Å². The number of likely N-dealkylation sites (tertiary alicyclic amines) is 2. The number of aliphatic hydroxyl groups is 1. The summed E-state index contributed by atoms with van der Waals surface area (Å²) in [6.45, 7) is 4.97. The Hall–Kier alpha value is -1.34. The Balaban J connectivity index is 1.39. The summed E-state index contributed by atoms with van der Waals surface area (Å²) in [6, 6.07) is 0.140.